The van der Waals surface area contributed by atoms with Gasteiger partial charge in [0.25, 0.3) is 0 Å². The molecule has 19 heavy (non-hydrogen) atoms. The first-order chi connectivity index (χ1) is 9.04. The highest BCUT2D eigenvalue weighted by atomic mass is 16.3. The lowest BCUT2D eigenvalue weighted by molar-refractivity contribution is 0.126. The summed E-state index contributed by atoms with van der Waals surface area (Å²) in [5.41, 5.74) is 5.92. The molecule has 104 valence electrons. The van der Waals surface area contributed by atoms with Gasteiger partial charge in [-0.1, -0.05) is 13.8 Å². The summed E-state index contributed by atoms with van der Waals surface area (Å²) in [6, 6.07) is 2.68. The van der Waals surface area contributed by atoms with Gasteiger partial charge in [-0.15, -0.1) is 0 Å². The van der Waals surface area contributed by atoms with E-state index in [-0.39, 0.29) is 12.0 Å². The Labute approximate surface area is 113 Å². The van der Waals surface area contributed by atoms with Gasteiger partial charge in [-0.05, 0) is 25.7 Å². The molecule has 0 spiro atoms. The quantitative estimate of drug-likeness (QED) is 0.848. The van der Waals surface area contributed by atoms with E-state index >= 15 is 0 Å². The largest absolute Gasteiger partial charge is 0.393 e. The summed E-state index contributed by atoms with van der Waals surface area (Å²) in [5.74, 6) is 2.56. The maximum absolute atomic E-state index is 9.87. The molecule has 2 saturated heterocycles. The molecule has 3 heterocycles. The molecule has 0 aromatic carbocycles. The van der Waals surface area contributed by atoms with E-state index in [0.29, 0.717) is 17.9 Å². The topological polar surface area (TPSA) is 75.3 Å². The van der Waals surface area contributed by atoms with Crippen molar-refractivity contribution in [2.75, 3.05) is 10.6 Å². The lowest BCUT2D eigenvalue weighted by Gasteiger charge is -2.38. The zero-order valence-corrected chi connectivity index (χ0v) is 11.6. The van der Waals surface area contributed by atoms with Gasteiger partial charge >= 0.3 is 0 Å². The van der Waals surface area contributed by atoms with Gasteiger partial charge < -0.3 is 15.7 Å². The number of aromatic nitrogens is 2. The minimum atomic E-state index is -0.155. The second kappa shape index (κ2) is 4.63. The maximum Gasteiger partial charge on any atom is 0.135 e. The number of piperidine rings is 1. The van der Waals surface area contributed by atoms with Crippen LogP contribution in [0, 0.1) is 0 Å². The third kappa shape index (κ3) is 2.27. The van der Waals surface area contributed by atoms with Crippen LogP contribution < -0.4 is 10.6 Å². The van der Waals surface area contributed by atoms with E-state index in [0.717, 1.165) is 37.3 Å². The number of fused-ring (bicyclic) bond motifs is 2. The summed E-state index contributed by atoms with van der Waals surface area (Å²) < 4.78 is 0. The van der Waals surface area contributed by atoms with E-state index in [4.69, 9.17) is 5.73 Å². The molecule has 5 heteroatoms. The van der Waals surface area contributed by atoms with Gasteiger partial charge in [-0.25, -0.2) is 9.97 Å². The van der Waals surface area contributed by atoms with Gasteiger partial charge in [0.05, 0.1) is 6.10 Å². The predicted molar refractivity (Wildman–Crippen MR) is 75.1 cm³/mol. The van der Waals surface area contributed by atoms with Crippen molar-refractivity contribution >= 4 is 11.6 Å². The second-order valence-corrected chi connectivity index (χ2v) is 6.08. The first-order valence-electron chi connectivity index (χ1n) is 7.15. The van der Waals surface area contributed by atoms with E-state index in [1.165, 1.54) is 0 Å². The van der Waals surface area contributed by atoms with Crippen LogP contribution in [-0.4, -0.2) is 33.3 Å². The van der Waals surface area contributed by atoms with Crippen LogP contribution in [0.1, 0.15) is 51.3 Å². The number of anilines is 2. The van der Waals surface area contributed by atoms with Crippen LogP contribution in [0.25, 0.3) is 0 Å². The number of nitrogens with two attached hydrogens (primary N) is 1. The highest BCUT2D eigenvalue weighted by Crippen LogP contribution is 2.39. The molecule has 0 saturated carbocycles. The summed E-state index contributed by atoms with van der Waals surface area (Å²) in [6.07, 6.45) is 3.82. The van der Waals surface area contributed by atoms with Crippen molar-refractivity contribution in [3.63, 3.8) is 0 Å². The number of aliphatic hydroxyl groups is 1. The molecule has 1 aromatic heterocycles. The molecule has 2 aliphatic rings. The first-order valence-corrected chi connectivity index (χ1v) is 7.15. The zero-order chi connectivity index (χ0) is 13.6. The van der Waals surface area contributed by atoms with Gasteiger partial charge in [-0.3, -0.25) is 0 Å². The van der Waals surface area contributed by atoms with Gasteiger partial charge in [0.2, 0.25) is 0 Å². The molecule has 2 fully saturated rings. The van der Waals surface area contributed by atoms with Crippen molar-refractivity contribution in [3.05, 3.63) is 11.9 Å². The number of nitrogen functional groups attached to an aromatic ring is 1. The summed E-state index contributed by atoms with van der Waals surface area (Å²) in [4.78, 5) is 11.3. The third-order valence-corrected chi connectivity index (χ3v) is 4.24. The fourth-order valence-electron chi connectivity index (χ4n) is 3.38. The van der Waals surface area contributed by atoms with Crippen LogP contribution in [0.3, 0.4) is 0 Å². The fraction of sp³-hybridized carbons (Fsp3) is 0.714. The average molecular weight is 262 g/mol. The molecule has 0 radical (unpaired) electrons. The molecule has 3 N–H and O–H groups in total. The Morgan fingerprint density at radius 3 is 2.47 bits per heavy atom. The molecule has 3 rings (SSSR count). The Bertz CT molecular complexity index is 463. The van der Waals surface area contributed by atoms with Crippen LogP contribution in [0.15, 0.2) is 6.07 Å². The monoisotopic (exact) mass is 262 g/mol. The van der Waals surface area contributed by atoms with Crippen molar-refractivity contribution in [2.45, 2.75) is 63.6 Å². The summed E-state index contributed by atoms with van der Waals surface area (Å²) >= 11 is 0. The lowest BCUT2D eigenvalue weighted by atomic mass is 10.00. The fourth-order valence-corrected chi connectivity index (χ4v) is 3.38. The maximum atomic E-state index is 9.87. The highest BCUT2D eigenvalue weighted by molar-refractivity contribution is 5.50. The van der Waals surface area contributed by atoms with E-state index in [1.54, 1.807) is 0 Å². The van der Waals surface area contributed by atoms with E-state index in [1.807, 2.05) is 6.07 Å². The number of rotatable bonds is 2. The van der Waals surface area contributed by atoms with Crippen molar-refractivity contribution in [1.29, 1.82) is 0 Å². The Hall–Kier alpha value is -1.36. The molecule has 2 unspecified atom stereocenters. The standard InChI is InChI=1S/C14H22N4O/c1-8(2)14-16-12(15)7-13(17-14)18-9-3-4-10(18)6-11(19)5-9/h7-11,19H,3-6H2,1-2H3,(H2,15,16,17). The van der Waals surface area contributed by atoms with Gasteiger partial charge in [-0.2, -0.15) is 0 Å². The van der Waals surface area contributed by atoms with Crippen molar-refractivity contribution in [2.24, 2.45) is 0 Å². The number of nitrogens with zero attached hydrogens (tertiary/aromatic N) is 3. The van der Waals surface area contributed by atoms with Crippen LogP contribution >= 0.6 is 0 Å². The molecule has 0 aliphatic carbocycles. The van der Waals surface area contributed by atoms with Crippen molar-refractivity contribution in [1.82, 2.24) is 9.97 Å². The Kier molecular flexibility index (Phi) is 3.09. The van der Waals surface area contributed by atoms with Crippen molar-refractivity contribution < 1.29 is 5.11 Å². The third-order valence-electron chi connectivity index (χ3n) is 4.24. The smallest absolute Gasteiger partial charge is 0.135 e. The molecule has 2 atom stereocenters. The predicted octanol–water partition coefficient (Wildman–Crippen LogP) is 1.67. The van der Waals surface area contributed by atoms with Crippen LogP contribution in [0.4, 0.5) is 11.6 Å². The average Bonchev–Trinajstić information content (AvgIpc) is 2.61. The summed E-state index contributed by atoms with van der Waals surface area (Å²) in [5, 5.41) is 9.87. The molecular formula is C14H22N4O. The normalized spacial score (nSPS) is 30.1. The second-order valence-electron chi connectivity index (χ2n) is 6.08. The molecule has 1 aromatic rings. The Balaban J connectivity index is 1.94. The van der Waals surface area contributed by atoms with Crippen LogP contribution in [-0.2, 0) is 0 Å². The molecular weight excluding hydrogens is 240 g/mol. The van der Waals surface area contributed by atoms with E-state index in [2.05, 4.69) is 28.7 Å². The zero-order valence-electron chi connectivity index (χ0n) is 11.6. The first kappa shape index (κ1) is 12.7. The minimum absolute atomic E-state index is 0.155. The SMILES string of the molecule is CC(C)c1nc(N)cc(N2C3CCC2CC(O)C3)n1. The highest BCUT2D eigenvalue weighted by Gasteiger charge is 2.41. The number of hydrogen-bond donors (Lipinski definition) is 2. The van der Waals surface area contributed by atoms with Crippen molar-refractivity contribution in [3.8, 4) is 0 Å². The van der Waals surface area contributed by atoms with E-state index < -0.39 is 0 Å². The van der Waals surface area contributed by atoms with E-state index in [9.17, 15) is 5.11 Å². The number of aliphatic hydroxyl groups excluding tert-OH is 1. The van der Waals surface area contributed by atoms with Gasteiger partial charge in [0, 0.05) is 24.1 Å². The molecule has 2 aliphatic heterocycles. The van der Waals surface area contributed by atoms with Crippen LogP contribution in [0.5, 0.6) is 0 Å². The van der Waals surface area contributed by atoms with Crippen LogP contribution in [0.2, 0.25) is 0 Å². The molecule has 5 nitrogen and oxygen atoms in total. The minimum Gasteiger partial charge on any atom is -0.393 e. The molecule has 2 bridgehead atoms. The van der Waals surface area contributed by atoms with Gasteiger partial charge in [0.1, 0.15) is 17.5 Å². The lowest BCUT2D eigenvalue weighted by Crippen LogP contribution is -2.45. The summed E-state index contributed by atoms with van der Waals surface area (Å²) in [7, 11) is 0. The number of hydrogen-bond acceptors (Lipinski definition) is 5. The summed E-state index contributed by atoms with van der Waals surface area (Å²) in [6.45, 7) is 4.15. The Morgan fingerprint density at radius 1 is 1.26 bits per heavy atom. The molecule has 0 amide bonds. The Morgan fingerprint density at radius 2 is 1.89 bits per heavy atom. The van der Waals surface area contributed by atoms with Gasteiger partial charge in [0.15, 0.2) is 0 Å².